The van der Waals surface area contributed by atoms with E-state index in [0.717, 1.165) is 27.8 Å². The third-order valence-corrected chi connectivity index (χ3v) is 8.59. The Kier molecular flexibility index (Phi) is 11.8. The fourth-order valence-corrected chi connectivity index (χ4v) is 6.31. The fraction of sp³-hybridized carbons (Fsp3) is 0.364. The molecule has 3 amide bonds. The molecule has 0 aliphatic heterocycles. The first kappa shape index (κ1) is 35.5. The zero-order valence-electron chi connectivity index (χ0n) is 26.9. The average Bonchev–Trinajstić information content (AvgIpc) is 3.64. The highest BCUT2D eigenvalue weighted by Crippen LogP contribution is 2.25. The smallest absolute Gasteiger partial charge is 0.335 e. The number of carbonyl (C=O) groups excluding carboxylic acids is 4. The first-order chi connectivity index (χ1) is 22.8. The van der Waals surface area contributed by atoms with Crippen molar-refractivity contribution < 1.29 is 29.1 Å². The van der Waals surface area contributed by atoms with Gasteiger partial charge < -0.3 is 37.5 Å². The van der Waals surface area contributed by atoms with Crippen LogP contribution in [0.4, 0.5) is 0 Å². The number of fused-ring (bicyclic) bond motifs is 2. The maximum Gasteiger partial charge on any atom is 0.335 e. The normalized spacial score (nSPS) is 13.1. The number of guanidine groups is 1. The van der Waals surface area contributed by atoms with Gasteiger partial charge in [0, 0.05) is 37.0 Å². The van der Waals surface area contributed by atoms with Crippen LogP contribution in [0.25, 0.3) is 21.1 Å². The van der Waals surface area contributed by atoms with Crippen molar-refractivity contribution in [2.24, 2.45) is 22.4 Å². The van der Waals surface area contributed by atoms with E-state index in [-0.39, 0.29) is 48.3 Å². The molecule has 2 heterocycles. The number of benzene rings is 2. The lowest BCUT2D eigenvalue weighted by molar-refractivity contribution is -0.132. The zero-order chi connectivity index (χ0) is 35.0. The molecule has 3 atom stereocenters. The summed E-state index contributed by atoms with van der Waals surface area (Å²) in [4.78, 5) is 76.3. The van der Waals surface area contributed by atoms with E-state index in [0.29, 0.717) is 16.6 Å². The second kappa shape index (κ2) is 16.0. The number of hydrogen-bond donors (Lipinski definition) is 7. The van der Waals surface area contributed by atoms with E-state index >= 15 is 0 Å². The Morgan fingerprint density at radius 2 is 1.69 bits per heavy atom. The summed E-state index contributed by atoms with van der Waals surface area (Å²) in [7, 11) is 0. The third-order valence-electron chi connectivity index (χ3n) is 7.56. The number of para-hydroxylation sites is 1. The highest BCUT2D eigenvalue weighted by atomic mass is 32.1. The minimum Gasteiger partial charge on any atom is -0.478 e. The third kappa shape index (κ3) is 9.37. The number of aromatic nitrogens is 2. The minimum atomic E-state index is -1.11. The second-order valence-electron chi connectivity index (χ2n) is 11.9. The van der Waals surface area contributed by atoms with Gasteiger partial charge in [-0.2, -0.15) is 0 Å². The molecule has 14 nitrogen and oxygen atoms in total. The minimum absolute atomic E-state index is 0.0161. The van der Waals surface area contributed by atoms with Crippen molar-refractivity contribution in [3.8, 4) is 0 Å². The predicted octanol–water partition coefficient (Wildman–Crippen LogP) is 2.48. The number of carbonyl (C=O) groups is 5. The van der Waals surface area contributed by atoms with Crippen molar-refractivity contribution >= 4 is 67.9 Å². The Hall–Kier alpha value is -5.31. The number of hydrogen-bond acceptors (Lipinski definition) is 8. The summed E-state index contributed by atoms with van der Waals surface area (Å²) >= 11 is 1.02. The van der Waals surface area contributed by atoms with Gasteiger partial charge in [-0.3, -0.25) is 24.2 Å². The van der Waals surface area contributed by atoms with Crippen LogP contribution in [-0.4, -0.2) is 75.2 Å². The number of H-pyrrole nitrogens is 1. The molecule has 2 aromatic heterocycles. The number of nitrogens with two attached hydrogens (primary N) is 2. The van der Waals surface area contributed by atoms with Crippen LogP contribution < -0.4 is 27.4 Å². The average molecular weight is 677 g/mol. The molecule has 4 aromatic rings. The van der Waals surface area contributed by atoms with Crippen LogP contribution in [0.2, 0.25) is 0 Å². The molecule has 0 aliphatic carbocycles. The van der Waals surface area contributed by atoms with Gasteiger partial charge in [0.25, 0.3) is 0 Å². The molecule has 0 spiro atoms. The number of aromatic carboxylic acids is 1. The lowest BCUT2D eigenvalue weighted by Crippen LogP contribution is -2.56. The summed E-state index contributed by atoms with van der Waals surface area (Å²) in [5, 5.41) is 18.7. The summed E-state index contributed by atoms with van der Waals surface area (Å²) < 4.78 is 0.507. The summed E-state index contributed by atoms with van der Waals surface area (Å²) in [5.41, 5.74) is 13.1. The van der Waals surface area contributed by atoms with Gasteiger partial charge in [-0.25, -0.2) is 9.78 Å². The number of carboxylic acid groups (broad SMARTS) is 1. The van der Waals surface area contributed by atoms with Gasteiger partial charge in [-0.05, 0) is 55.0 Å². The number of aliphatic imine (C=N–C) groups is 1. The Labute approximate surface area is 280 Å². The number of thiazole rings is 1. The van der Waals surface area contributed by atoms with Crippen molar-refractivity contribution in [1.82, 2.24) is 25.9 Å². The van der Waals surface area contributed by atoms with Crippen molar-refractivity contribution in [3.05, 3.63) is 64.8 Å². The molecule has 0 aliphatic rings. The highest BCUT2D eigenvalue weighted by Gasteiger charge is 2.31. The van der Waals surface area contributed by atoms with E-state index in [4.69, 9.17) is 11.5 Å². The van der Waals surface area contributed by atoms with Crippen LogP contribution in [0.5, 0.6) is 0 Å². The first-order valence-corrected chi connectivity index (χ1v) is 16.3. The van der Waals surface area contributed by atoms with E-state index in [1.54, 1.807) is 6.20 Å². The molecule has 2 aromatic carbocycles. The molecule has 0 radical (unpaired) electrons. The molecular formula is C33H40N8O6S. The topological polar surface area (TPSA) is 235 Å². The molecule has 254 valence electrons. The van der Waals surface area contributed by atoms with Crippen LogP contribution in [0, 0.1) is 5.92 Å². The van der Waals surface area contributed by atoms with Gasteiger partial charge in [0.2, 0.25) is 23.5 Å². The quantitative estimate of drug-likeness (QED) is 0.0399. The number of rotatable bonds is 16. The Morgan fingerprint density at radius 1 is 0.979 bits per heavy atom. The highest BCUT2D eigenvalue weighted by molar-refractivity contribution is 7.20. The lowest BCUT2D eigenvalue weighted by atomic mass is 9.99. The van der Waals surface area contributed by atoms with Gasteiger partial charge in [0.05, 0.1) is 21.8 Å². The summed E-state index contributed by atoms with van der Waals surface area (Å²) in [6, 6.07) is 8.91. The maximum absolute atomic E-state index is 13.8. The number of Topliss-reactive ketones (excluding diaryl/α,β-unsaturated/α-hetero) is 1. The molecule has 9 N–H and O–H groups in total. The van der Waals surface area contributed by atoms with Crippen LogP contribution in [0.1, 0.15) is 65.8 Å². The predicted molar refractivity (Wildman–Crippen MR) is 184 cm³/mol. The number of nitrogens with one attached hydrogen (secondary N) is 4. The van der Waals surface area contributed by atoms with Crippen LogP contribution in [0.3, 0.4) is 0 Å². The molecule has 0 unspecified atom stereocenters. The summed E-state index contributed by atoms with van der Waals surface area (Å²) in [6.07, 6.45) is 2.73. The lowest BCUT2D eigenvalue weighted by Gasteiger charge is -2.26. The largest absolute Gasteiger partial charge is 0.478 e. The number of carboxylic acids is 1. The maximum atomic E-state index is 13.8. The van der Waals surface area contributed by atoms with Crippen LogP contribution in [-0.2, 0) is 20.8 Å². The molecule has 0 saturated carbocycles. The fourth-order valence-electron chi connectivity index (χ4n) is 5.31. The second-order valence-corrected chi connectivity index (χ2v) is 12.9. The van der Waals surface area contributed by atoms with Crippen LogP contribution >= 0.6 is 11.3 Å². The molecular weight excluding hydrogens is 636 g/mol. The van der Waals surface area contributed by atoms with E-state index < -0.39 is 47.6 Å². The van der Waals surface area contributed by atoms with Crippen molar-refractivity contribution in [1.29, 1.82) is 0 Å². The number of aromatic amines is 1. The Morgan fingerprint density at radius 3 is 2.38 bits per heavy atom. The summed E-state index contributed by atoms with van der Waals surface area (Å²) in [6.45, 7) is 5.32. The van der Waals surface area contributed by atoms with Gasteiger partial charge in [0.15, 0.2) is 11.0 Å². The van der Waals surface area contributed by atoms with Gasteiger partial charge in [-0.1, -0.05) is 32.0 Å². The number of amides is 3. The SMILES string of the molecule is CC(=O)N[C@@H](Cc1c[nH]c2ccccc12)C(=O)N[C@@H](CC(C)C)C(=O)N[C@@H](CCCN=C(N)N)C(=O)c1nc2ccc(C(=O)O)cc2s1. The van der Waals surface area contributed by atoms with Gasteiger partial charge in [-0.15, -0.1) is 11.3 Å². The summed E-state index contributed by atoms with van der Waals surface area (Å²) in [5.74, 6) is -3.24. The van der Waals surface area contributed by atoms with Gasteiger partial charge in [0.1, 0.15) is 12.1 Å². The zero-order valence-corrected chi connectivity index (χ0v) is 27.7. The molecule has 4 rings (SSSR count). The van der Waals surface area contributed by atoms with E-state index in [1.165, 1.54) is 25.1 Å². The Balaban J connectivity index is 1.56. The van der Waals surface area contributed by atoms with E-state index in [9.17, 15) is 29.1 Å². The monoisotopic (exact) mass is 676 g/mol. The van der Waals surface area contributed by atoms with E-state index in [2.05, 4.69) is 30.9 Å². The van der Waals surface area contributed by atoms with Crippen molar-refractivity contribution in [2.45, 2.75) is 64.6 Å². The molecule has 0 saturated heterocycles. The number of nitrogens with zero attached hydrogens (tertiary/aromatic N) is 2. The van der Waals surface area contributed by atoms with Crippen molar-refractivity contribution in [2.75, 3.05) is 6.54 Å². The Bertz CT molecular complexity index is 1840. The molecule has 0 bridgehead atoms. The van der Waals surface area contributed by atoms with Gasteiger partial charge >= 0.3 is 5.97 Å². The molecule has 48 heavy (non-hydrogen) atoms. The standard InChI is InChI=1S/C33H40N8O6S/c1-17(2)13-25(40-30(45)26(38-18(3)42)14-20-16-37-22-8-5-4-7-21(20)22)29(44)39-24(9-6-12-36-33(34)35)28(43)31-41-23-11-10-19(32(46)47)15-27(23)48-31/h4-5,7-8,10-11,15-17,24-26,37H,6,9,12-14H2,1-3H3,(H,38,42)(H,39,44)(H,40,45)(H,46,47)(H4,34,35,36)/t24-,25-,26-/m0/s1. The van der Waals surface area contributed by atoms with Crippen LogP contribution in [0.15, 0.2) is 53.7 Å². The number of ketones is 1. The molecule has 0 fully saturated rings. The molecule has 15 heteroatoms. The van der Waals surface area contributed by atoms with E-state index in [1.807, 2.05) is 38.1 Å². The van der Waals surface area contributed by atoms with Crippen molar-refractivity contribution in [3.63, 3.8) is 0 Å². The first-order valence-electron chi connectivity index (χ1n) is 15.5.